The Morgan fingerprint density at radius 3 is 2.44 bits per heavy atom. The van der Waals surface area contributed by atoms with Gasteiger partial charge in [0.15, 0.2) is 0 Å². The molecular weight excluding hydrogens is 302 g/mol. The molecule has 1 N–H and O–H groups in total. The molecule has 0 aliphatic carbocycles. The van der Waals surface area contributed by atoms with E-state index in [0.717, 1.165) is 13.1 Å². The number of nitrogens with one attached hydrogen (secondary N) is 1. The molecule has 0 fully saturated rings. The van der Waals surface area contributed by atoms with Crippen molar-refractivity contribution < 1.29 is 0 Å². The van der Waals surface area contributed by atoms with E-state index in [1.165, 1.54) is 24.0 Å². The normalized spacial score (nSPS) is 10.9. The first-order valence-corrected chi connectivity index (χ1v) is 7.58. The summed E-state index contributed by atoms with van der Waals surface area (Å²) in [6, 6.07) is 6.53. The van der Waals surface area contributed by atoms with Gasteiger partial charge in [0.25, 0.3) is 0 Å². The molecule has 0 saturated carbocycles. The minimum Gasteiger partial charge on any atom is -0.307 e. The van der Waals surface area contributed by atoms with Gasteiger partial charge in [-0.1, -0.05) is 0 Å². The molecular formula is C12H14BrNS2. The monoisotopic (exact) mass is 315 g/mol. The highest BCUT2D eigenvalue weighted by atomic mass is 79.9. The van der Waals surface area contributed by atoms with Crippen molar-refractivity contribution in [1.82, 2.24) is 5.32 Å². The molecule has 2 heterocycles. The van der Waals surface area contributed by atoms with Crippen LogP contribution in [0.3, 0.4) is 0 Å². The van der Waals surface area contributed by atoms with Gasteiger partial charge in [-0.05, 0) is 53.5 Å². The number of hydrogen-bond donors (Lipinski definition) is 1. The van der Waals surface area contributed by atoms with Crippen LogP contribution in [0.4, 0.5) is 0 Å². The molecule has 0 amide bonds. The maximum atomic E-state index is 3.47. The molecule has 0 spiro atoms. The van der Waals surface area contributed by atoms with Gasteiger partial charge in [-0.3, -0.25) is 0 Å². The molecule has 4 heteroatoms. The Morgan fingerprint density at radius 1 is 1.12 bits per heavy atom. The molecule has 2 rings (SSSR count). The first-order chi connectivity index (χ1) is 7.65. The van der Waals surface area contributed by atoms with Crippen molar-refractivity contribution in [2.75, 3.05) is 0 Å². The van der Waals surface area contributed by atoms with Crippen LogP contribution >= 0.6 is 38.6 Å². The largest absolute Gasteiger partial charge is 0.307 e. The van der Waals surface area contributed by atoms with Gasteiger partial charge in [0.05, 0.1) is 3.79 Å². The molecule has 1 nitrogen and oxygen atoms in total. The van der Waals surface area contributed by atoms with Crippen molar-refractivity contribution in [3.63, 3.8) is 0 Å². The van der Waals surface area contributed by atoms with Crippen LogP contribution in [0.2, 0.25) is 0 Å². The second-order valence-electron chi connectivity index (χ2n) is 3.76. The Kier molecular flexibility index (Phi) is 4.19. The molecule has 2 aromatic heterocycles. The Bertz CT molecular complexity index is 454. The van der Waals surface area contributed by atoms with E-state index < -0.39 is 0 Å². The topological polar surface area (TPSA) is 12.0 Å². The van der Waals surface area contributed by atoms with Gasteiger partial charge >= 0.3 is 0 Å². The van der Waals surface area contributed by atoms with Crippen LogP contribution in [0.25, 0.3) is 0 Å². The molecule has 2 aromatic rings. The second-order valence-corrected chi connectivity index (χ2v) is 7.65. The molecule has 0 radical (unpaired) electrons. The van der Waals surface area contributed by atoms with E-state index in [0.29, 0.717) is 0 Å². The summed E-state index contributed by atoms with van der Waals surface area (Å²) < 4.78 is 1.20. The van der Waals surface area contributed by atoms with E-state index in [9.17, 15) is 0 Å². The zero-order valence-electron chi connectivity index (χ0n) is 9.34. The summed E-state index contributed by atoms with van der Waals surface area (Å²) in [5, 5.41) is 3.47. The minimum absolute atomic E-state index is 0.951. The highest BCUT2D eigenvalue weighted by molar-refractivity contribution is 9.11. The lowest BCUT2D eigenvalue weighted by Gasteiger charge is -1.99. The van der Waals surface area contributed by atoms with Crippen molar-refractivity contribution in [3.8, 4) is 0 Å². The predicted octanol–water partition coefficient (Wildman–Crippen LogP) is 4.48. The lowest BCUT2D eigenvalue weighted by Crippen LogP contribution is -2.10. The van der Waals surface area contributed by atoms with Crippen molar-refractivity contribution in [3.05, 3.63) is 42.2 Å². The summed E-state index contributed by atoms with van der Waals surface area (Å²) in [7, 11) is 0. The molecule has 0 bridgehead atoms. The van der Waals surface area contributed by atoms with Crippen molar-refractivity contribution >= 4 is 38.6 Å². The SMILES string of the molecule is Cc1cc(CNCc2ccc(Br)s2)sc1C. The zero-order chi connectivity index (χ0) is 11.5. The molecule has 16 heavy (non-hydrogen) atoms. The summed E-state index contributed by atoms with van der Waals surface area (Å²) >= 11 is 7.15. The zero-order valence-corrected chi connectivity index (χ0v) is 12.6. The highest BCUT2D eigenvalue weighted by Crippen LogP contribution is 2.23. The van der Waals surface area contributed by atoms with E-state index in [1.54, 1.807) is 11.3 Å². The molecule has 86 valence electrons. The Labute approximate surface area is 113 Å². The first kappa shape index (κ1) is 12.3. The summed E-state index contributed by atoms with van der Waals surface area (Å²) in [5.41, 5.74) is 1.40. The number of rotatable bonds is 4. The molecule has 0 aliphatic heterocycles. The lowest BCUT2D eigenvalue weighted by molar-refractivity contribution is 0.709. The fourth-order valence-electron chi connectivity index (χ4n) is 1.49. The van der Waals surface area contributed by atoms with Gasteiger partial charge in [-0.25, -0.2) is 0 Å². The average molecular weight is 316 g/mol. The van der Waals surface area contributed by atoms with Crippen LogP contribution in [0.1, 0.15) is 20.2 Å². The highest BCUT2D eigenvalue weighted by Gasteiger charge is 2.02. The maximum absolute atomic E-state index is 3.47. The van der Waals surface area contributed by atoms with Crippen LogP contribution < -0.4 is 5.32 Å². The standard InChI is InChI=1S/C12H14BrNS2/c1-8-5-11(15-9(8)2)7-14-6-10-3-4-12(13)16-10/h3-5,14H,6-7H2,1-2H3. The fourth-order valence-corrected chi connectivity index (χ4v) is 3.97. The van der Waals surface area contributed by atoms with Crippen LogP contribution in [-0.2, 0) is 13.1 Å². The lowest BCUT2D eigenvalue weighted by atomic mass is 10.3. The van der Waals surface area contributed by atoms with Crippen LogP contribution in [0.15, 0.2) is 22.0 Å². The number of thiophene rings is 2. The number of halogens is 1. The third-order valence-electron chi connectivity index (χ3n) is 2.44. The summed E-state index contributed by atoms with van der Waals surface area (Å²) in [5.74, 6) is 0. The van der Waals surface area contributed by atoms with Crippen LogP contribution in [-0.4, -0.2) is 0 Å². The number of aryl methyl sites for hydroxylation is 2. The quantitative estimate of drug-likeness (QED) is 0.877. The molecule has 0 aromatic carbocycles. The van der Waals surface area contributed by atoms with Crippen LogP contribution in [0.5, 0.6) is 0 Å². The molecule has 0 aliphatic rings. The van der Waals surface area contributed by atoms with Gasteiger partial charge < -0.3 is 5.32 Å². The second kappa shape index (κ2) is 5.45. The number of hydrogen-bond acceptors (Lipinski definition) is 3. The fraction of sp³-hybridized carbons (Fsp3) is 0.333. The Hall–Kier alpha value is -0.160. The Balaban J connectivity index is 1.84. The minimum atomic E-state index is 0.951. The third kappa shape index (κ3) is 3.17. The van der Waals surface area contributed by atoms with E-state index in [1.807, 2.05) is 11.3 Å². The van der Waals surface area contributed by atoms with Gasteiger partial charge in [0, 0.05) is 27.7 Å². The van der Waals surface area contributed by atoms with Gasteiger partial charge in [-0.15, -0.1) is 22.7 Å². The van der Waals surface area contributed by atoms with Gasteiger partial charge in [-0.2, -0.15) is 0 Å². The van der Waals surface area contributed by atoms with E-state index >= 15 is 0 Å². The maximum Gasteiger partial charge on any atom is 0.0701 e. The van der Waals surface area contributed by atoms with Crippen LogP contribution in [0, 0.1) is 13.8 Å². The summed E-state index contributed by atoms with van der Waals surface area (Å²) in [6.45, 7) is 6.27. The predicted molar refractivity (Wildman–Crippen MR) is 76.4 cm³/mol. The van der Waals surface area contributed by atoms with E-state index in [4.69, 9.17) is 0 Å². The van der Waals surface area contributed by atoms with E-state index in [2.05, 4.69) is 53.3 Å². The molecule has 0 atom stereocenters. The van der Waals surface area contributed by atoms with E-state index in [-0.39, 0.29) is 0 Å². The van der Waals surface area contributed by atoms with Gasteiger partial charge in [0.2, 0.25) is 0 Å². The summed E-state index contributed by atoms with van der Waals surface area (Å²) in [4.78, 5) is 4.22. The van der Waals surface area contributed by atoms with Crippen molar-refractivity contribution in [2.24, 2.45) is 0 Å². The van der Waals surface area contributed by atoms with Gasteiger partial charge in [0.1, 0.15) is 0 Å². The third-order valence-corrected chi connectivity index (χ3v) is 5.22. The Morgan fingerprint density at radius 2 is 1.88 bits per heavy atom. The first-order valence-electron chi connectivity index (χ1n) is 5.16. The molecule has 0 unspecified atom stereocenters. The van der Waals surface area contributed by atoms with Crippen molar-refractivity contribution in [1.29, 1.82) is 0 Å². The average Bonchev–Trinajstić information content (AvgIpc) is 2.75. The van der Waals surface area contributed by atoms with Crippen molar-refractivity contribution in [2.45, 2.75) is 26.9 Å². The summed E-state index contributed by atoms with van der Waals surface area (Å²) in [6.07, 6.45) is 0. The smallest absolute Gasteiger partial charge is 0.0701 e. The molecule has 0 saturated heterocycles.